The van der Waals surface area contributed by atoms with Crippen molar-refractivity contribution in [2.75, 3.05) is 6.61 Å². The number of aromatic nitrogens is 4. The van der Waals surface area contributed by atoms with Crippen molar-refractivity contribution >= 4 is 17.3 Å². The van der Waals surface area contributed by atoms with Crippen molar-refractivity contribution in [2.24, 2.45) is 0 Å². The van der Waals surface area contributed by atoms with Crippen LogP contribution < -0.4 is 11.2 Å². The molecule has 0 fully saturated rings. The van der Waals surface area contributed by atoms with Crippen LogP contribution in [0.15, 0.2) is 15.9 Å². The molecule has 8 heteroatoms. The van der Waals surface area contributed by atoms with E-state index in [-0.39, 0.29) is 17.8 Å². The van der Waals surface area contributed by atoms with Crippen LogP contribution in [0.5, 0.6) is 0 Å². The summed E-state index contributed by atoms with van der Waals surface area (Å²) < 4.78 is 5.69. The van der Waals surface area contributed by atoms with E-state index in [0.29, 0.717) is 0 Å². The fourth-order valence-electron chi connectivity index (χ4n) is 1.27. The zero-order valence-electron chi connectivity index (χ0n) is 8.31. The van der Waals surface area contributed by atoms with Gasteiger partial charge in [-0.1, -0.05) is 0 Å². The predicted octanol–water partition coefficient (Wildman–Crippen LogP) is -0.583. The second kappa shape index (κ2) is 3.65. The third-order valence-electron chi connectivity index (χ3n) is 1.91. The first-order chi connectivity index (χ1) is 7.63. The number of rotatable bonds is 1. The molecule has 0 spiro atoms. The smallest absolute Gasteiger partial charge is 0.420 e. The van der Waals surface area contributed by atoms with Crippen molar-refractivity contribution in [2.45, 2.75) is 6.92 Å². The van der Waals surface area contributed by atoms with Crippen molar-refractivity contribution in [3.05, 3.63) is 27.2 Å². The Bertz CT molecular complexity index is 650. The van der Waals surface area contributed by atoms with Crippen molar-refractivity contribution in [3.8, 4) is 0 Å². The molecule has 2 heterocycles. The zero-order valence-corrected chi connectivity index (χ0v) is 8.31. The molecule has 0 aromatic carbocycles. The van der Waals surface area contributed by atoms with Gasteiger partial charge in [-0.3, -0.25) is 14.8 Å². The number of nitrogens with zero attached hydrogens (tertiary/aromatic N) is 2. The molecule has 0 bridgehead atoms. The SMILES string of the molecule is CCOC(=O)n1cnc2c(=O)[nH]c(=O)[nH]c21. The Morgan fingerprint density at radius 2 is 2.25 bits per heavy atom. The molecule has 0 unspecified atom stereocenters. The van der Waals surface area contributed by atoms with E-state index in [1.165, 1.54) is 0 Å². The van der Waals surface area contributed by atoms with Crippen molar-refractivity contribution < 1.29 is 9.53 Å². The molecule has 0 aliphatic rings. The molecular weight excluding hydrogens is 216 g/mol. The molecule has 2 N–H and O–H groups in total. The standard InChI is InChI=1S/C8H8N4O4/c1-2-16-8(15)12-3-9-4-5(12)10-7(14)11-6(4)13/h3H,2H2,1H3,(H2,10,11,13,14). The lowest BCUT2D eigenvalue weighted by atomic mass is 10.5. The van der Waals surface area contributed by atoms with Crippen LogP contribution in [0.4, 0.5) is 4.79 Å². The van der Waals surface area contributed by atoms with E-state index in [2.05, 4.69) is 9.97 Å². The normalized spacial score (nSPS) is 10.6. The van der Waals surface area contributed by atoms with Gasteiger partial charge in [0.05, 0.1) is 6.61 Å². The van der Waals surface area contributed by atoms with Crippen LogP contribution in [0, 0.1) is 0 Å². The molecule has 0 saturated heterocycles. The second-order valence-corrected chi connectivity index (χ2v) is 2.92. The summed E-state index contributed by atoms with van der Waals surface area (Å²) in [6, 6.07) is 0. The molecule has 84 valence electrons. The van der Waals surface area contributed by atoms with Crippen LogP contribution in [0.25, 0.3) is 11.2 Å². The highest BCUT2D eigenvalue weighted by Crippen LogP contribution is 2.03. The summed E-state index contributed by atoms with van der Waals surface area (Å²) in [4.78, 5) is 41.7. The minimum absolute atomic E-state index is 0.0206. The number of hydrogen-bond donors (Lipinski definition) is 2. The van der Waals surface area contributed by atoms with Crippen LogP contribution >= 0.6 is 0 Å². The number of H-pyrrole nitrogens is 2. The number of nitrogens with one attached hydrogen (secondary N) is 2. The highest BCUT2D eigenvalue weighted by atomic mass is 16.5. The molecule has 0 atom stereocenters. The van der Waals surface area contributed by atoms with Gasteiger partial charge in [0.2, 0.25) is 0 Å². The van der Waals surface area contributed by atoms with Gasteiger partial charge in [0.1, 0.15) is 6.33 Å². The Labute approximate surface area is 87.9 Å². The number of ether oxygens (including phenoxy) is 1. The van der Waals surface area contributed by atoms with E-state index in [4.69, 9.17) is 4.74 Å². The molecule has 2 aromatic rings. The topological polar surface area (TPSA) is 110 Å². The molecular formula is C8H8N4O4. The number of imidazole rings is 1. The summed E-state index contributed by atoms with van der Waals surface area (Å²) in [7, 11) is 0. The van der Waals surface area contributed by atoms with Gasteiger partial charge in [-0.15, -0.1) is 0 Å². The minimum Gasteiger partial charge on any atom is -0.449 e. The highest BCUT2D eigenvalue weighted by molar-refractivity contribution is 5.83. The van der Waals surface area contributed by atoms with Gasteiger partial charge in [-0.25, -0.2) is 19.1 Å². The quantitative estimate of drug-likeness (QED) is 0.673. The Hall–Kier alpha value is -2.38. The molecule has 8 nitrogen and oxygen atoms in total. The first kappa shape index (κ1) is 10.1. The lowest BCUT2D eigenvalue weighted by Crippen LogP contribution is -2.23. The first-order valence-corrected chi connectivity index (χ1v) is 4.50. The van der Waals surface area contributed by atoms with E-state index in [1.807, 2.05) is 4.98 Å². The predicted molar refractivity (Wildman–Crippen MR) is 53.4 cm³/mol. The fraction of sp³-hybridized carbons (Fsp3) is 0.250. The van der Waals surface area contributed by atoms with Gasteiger partial charge in [0.15, 0.2) is 11.2 Å². The highest BCUT2D eigenvalue weighted by Gasteiger charge is 2.13. The number of fused-ring (bicyclic) bond motifs is 1. The molecule has 0 amide bonds. The molecule has 0 aliphatic heterocycles. The number of aromatic amines is 2. The summed E-state index contributed by atoms with van der Waals surface area (Å²) in [5.41, 5.74) is -1.36. The Morgan fingerprint density at radius 1 is 1.50 bits per heavy atom. The molecule has 16 heavy (non-hydrogen) atoms. The average molecular weight is 224 g/mol. The van der Waals surface area contributed by atoms with Gasteiger partial charge in [0, 0.05) is 0 Å². The van der Waals surface area contributed by atoms with Crippen LogP contribution in [0.2, 0.25) is 0 Å². The zero-order chi connectivity index (χ0) is 11.7. The molecule has 2 aromatic heterocycles. The summed E-state index contributed by atoms with van der Waals surface area (Å²) in [6.07, 6.45) is 0.416. The third kappa shape index (κ3) is 1.49. The van der Waals surface area contributed by atoms with Gasteiger partial charge in [-0.05, 0) is 6.92 Å². The van der Waals surface area contributed by atoms with E-state index in [1.54, 1.807) is 6.92 Å². The largest absolute Gasteiger partial charge is 0.449 e. The van der Waals surface area contributed by atoms with Gasteiger partial charge in [-0.2, -0.15) is 0 Å². The number of carbonyl (C=O) groups excluding carboxylic acids is 1. The van der Waals surface area contributed by atoms with Crippen LogP contribution in [-0.4, -0.2) is 32.2 Å². The van der Waals surface area contributed by atoms with E-state index in [9.17, 15) is 14.4 Å². The molecule has 0 radical (unpaired) electrons. The Kier molecular flexibility index (Phi) is 2.31. The third-order valence-corrected chi connectivity index (χ3v) is 1.91. The lowest BCUT2D eigenvalue weighted by Gasteiger charge is -2.01. The number of carbonyl (C=O) groups is 1. The van der Waals surface area contributed by atoms with E-state index >= 15 is 0 Å². The van der Waals surface area contributed by atoms with Crippen LogP contribution in [-0.2, 0) is 4.74 Å². The van der Waals surface area contributed by atoms with Crippen molar-refractivity contribution in [1.82, 2.24) is 19.5 Å². The van der Waals surface area contributed by atoms with E-state index in [0.717, 1.165) is 10.9 Å². The monoisotopic (exact) mass is 224 g/mol. The Morgan fingerprint density at radius 3 is 2.94 bits per heavy atom. The fourth-order valence-corrected chi connectivity index (χ4v) is 1.27. The van der Waals surface area contributed by atoms with Crippen LogP contribution in [0.1, 0.15) is 6.92 Å². The Balaban J connectivity index is 2.69. The van der Waals surface area contributed by atoms with Crippen molar-refractivity contribution in [3.63, 3.8) is 0 Å². The molecule has 0 saturated carbocycles. The lowest BCUT2D eigenvalue weighted by molar-refractivity contribution is 0.155. The van der Waals surface area contributed by atoms with E-state index < -0.39 is 17.3 Å². The maximum Gasteiger partial charge on any atom is 0.420 e. The van der Waals surface area contributed by atoms with Gasteiger partial charge >= 0.3 is 11.8 Å². The average Bonchev–Trinajstić information content (AvgIpc) is 2.61. The maximum atomic E-state index is 11.4. The minimum atomic E-state index is -0.705. The van der Waals surface area contributed by atoms with Gasteiger partial charge < -0.3 is 4.74 Å². The second-order valence-electron chi connectivity index (χ2n) is 2.92. The number of hydrogen-bond acceptors (Lipinski definition) is 5. The first-order valence-electron chi connectivity index (χ1n) is 4.50. The summed E-state index contributed by atoms with van der Waals surface area (Å²) >= 11 is 0. The van der Waals surface area contributed by atoms with Gasteiger partial charge in [0.25, 0.3) is 5.56 Å². The summed E-state index contributed by atoms with van der Waals surface area (Å²) in [5, 5.41) is 0. The molecule has 0 aliphatic carbocycles. The summed E-state index contributed by atoms with van der Waals surface area (Å²) in [6.45, 7) is 1.83. The molecule has 2 rings (SSSR count). The summed E-state index contributed by atoms with van der Waals surface area (Å²) in [5.74, 6) is 0. The van der Waals surface area contributed by atoms with Crippen LogP contribution in [0.3, 0.4) is 0 Å². The van der Waals surface area contributed by atoms with Crippen molar-refractivity contribution in [1.29, 1.82) is 0 Å². The maximum absolute atomic E-state index is 11.4.